The molecule has 2 aromatic rings. The number of benzene rings is 1. The van der Waals surface area contributed by atoms with Gasteiger partial charge < -0.3 is 20.5 Å². The highest BCUT2D eigenvalue weighted by Gasteiger charge is 2.35. The number of methoxy groups -OCH3 is 1. The Labute approximate surface area is 216 Å². The van der Waals surface area contributed by atoms with Crippen LogP contribution in [0, 0.1) is 23.2 Å². The number of hydrogen-bond acceptors (Lipinski definition) is 7. The van der Waals surface area contributed by atoms with Crippen molar-refractivity contribution < 1.29 is 27.8 Å². The highest BCUT2D eigenvalue weighted by molar-refractivity contribution is 5.75. The standard InChI is InChI=1S/C17H14F3N3O2.C10H21NO/c1-10(13-5-11(7-21)3-4-15(13)25-2)23-16-14(17(18,19)20)6-12(9-24)8-22-16;1-11-8-10-4-2-9(3-5-10)6-7-12/h3-6,8-10H,1-2H3,(H,22,23);9-12H,2-8H2,1H3/t10-;/m0./s1. The number of rotatable bonds is 9. The first-order valence-electron chi connectivity index (χ1n) is 12.3. The maximum atomic E-state index is 13.2. The third kappa shape index (κ3) is 9.02. The SMILES string of the molecule is CNCC1CCC(CCO)CC1.COc1ccc(C#N)cc1[C@H](C)Nc1ncc(C=O)cc1C(F)(F)F. The highest BCUT2D eigenvalue weighted by atomic mass is 19.4. The van der Waals surface area contributed by atoms with Crippen LogP contribution in [0.15, 0.2) is 30.5 Å². The predicted octanol–water partition coefficient (Wildman–Crippen LogP) is 5.36. The molecule has 37 heavy (non-hydrogen) atoms. The number of carbonyl (C=O) groups excluding carboxylic acids is 1. The zero-order valence-corrected chi connectivity index (χ0v) is 21.4. The smallest absolute Gasteiger partial charge is 0.419 e. The fraction of sp³-hybridized carbons (Fsp3) is 0.519. The van der Waals surface area contributed by atoms with Crippen LogP contribution in [0.3, 0.4) is 0 Å². The Bertz CT molecular complexity index is 1030. The number of ether oxygens (including phenoxy) is 1. The number of aldehydes is 1. The van der Waals surface area contributed by atoms with Gasteiger partial charge in [-0.15, -0.1) is 0 Å². The average molecular weight is 521 g/mol. The number of aliphatic hydroxyl groups excluding tert-OH is 1. The molecule has 0 aliphatic heterocycles. The van der Waals surface area contributed by atoms with E-state index in [-0.39, 0.29) is 5.56 Å². The number of nitriles is 1. The van der Waals surface area contributed by atoms with Crippen molar-refractivity contribution in [3.8, 4) is 11.8 Å². The molecule has 1 aliphatic rings. The number of hydrogen-bond donors (Lipinski definition) is 3. The molecule has 3 rings (SSSR count). The minimum absolute atomic E-state index is 0.172. The zero-order chi connectivity index (χ0) is 27.4. The topological polar surface area (TPSA) is 107 Å². The Morgan fingerprint density at radius 1 is 1.24 bits per heavy atom. The zero-order valence-electron chi connectivity index (χ0n) is 21.4. The van der Waals surface area contributed by atoms with E-state index in [1.807, 2.05) is 13.1 Å². The molecule has 7 nitrogen and oxygen atoms in total. The predicted molar refractivity (Wildman–Crippen MR) is 135 cm³/mol. The lowest BCUT2D eigenvalue weighted by Crippen LogP contribution is -2.24. The van der Waals surface area contributed by atoms with Crippen LogP contribution in [0.2, 0.25) is 0 Å². The summed E-state index contributed by atoms with van der Waals surface area (Å²) in [5, 5.41) is 23.7. The number of anilines is 1. The summed E-state index contributed by atoms with van der Waals surface area (Å²) in [5.74, 6) is 1.72. The maximum Gasteiger partial charge on any atom is 0.419 e. The lowest BCUT2D eigenvalue weighted by Gasteiger charge is -2.27. The summed E-state index contributed by atoms with van der Waals surface area (Å²) < 4.78 is 44.9. The van der Waals surface area contributed by atoms with Gasteiger partial charge in [-0.3, -0.25) is 4.79 Å². The number of aromatic nitrogens is 1. The first-order chi connectivity index (χ1) is 17.7. The molecule has 1 aromatic carbocycles. The lowest BCUT2D eigenvalue weighted by molar-refractivity contribution is -0.137. The van der Waals surface area contributed by atoms with Gasteiger partial charge in [0.2, 0.25) is 0 Å². The van der Waals surface area contributed by atoms with Gasteiger partial charge >= 0.3 is 6.18 Å². The molecule has 0 unspecified atom stereocenters. The molecule has 3 N–H and O–H groups in total. The normalized spacial score (nSPS) is 18.1. The molecule has 1 fully saturated rings. The Morgan fingerprint density at radius 2 is 1.92 bits per heavy atom. The van der Waals surface area contributed by atoms with Gasteiger partial charge in [0.25, 0.3) is 0 Å². The summed E-state index contributed by atoms with van der Waals surface area (Å²) in [4.78, 5) is 14.4. The number of aliphatic hydroxyl groups is 1. The van der Waals surface area contributed by atoms with E-state index in [4.69, 9.17) is 15.1 Å². The molecular formula is C27H35F3N4O3. The van der Waals surface area contributed by atoms with Gasteiger partial charge in [-0.05, 0) is 75.9 Å². The fourth-order valence-electron chi connectivity index (χ4n) is 4.50. The molecular weight excluding hydrogens is 485 g/mol. The first kappa shape index (κ1) is 30.1. The van der Waals surface area contributed by atoms with E-state index in [9.17, 15) is 18.0 Å². The van der Waals surface area contributed by atoms with Crippen LogP contribution < -0.4 is 15.4 Å². The molecule has 10 heteroatoms. The van der Waals surface area contributed by atoms with Crippen LogP contribution in [0.1, 0.15) is 72.1 Å². The van der Waals surface area contributed by atoms with Crippen molar-refractivity contribution in [1.29, 1.82) is 5.26 Å². The Hall–Kier alpha value is -3.16. The van der Waals surface area contributed by atoms with Gasteiger partial charge in [0.15, 0.2) is 6.29 Å². The van der Waals surface area contributed by atoms with Crippen molar-refractivity contribution in [2.24, 2.45) is 11.8 Å². The highest BCUT2D eigenvalue weighted by Crippen LogP contribution is 2.36. The molecule has 0 radical (unpaired) electrons. The van der Waals surface area contributed by atoms with Gasteiger partial charge in [-0.2, -0.15) is 18.4 Å². The maximum absolute atomic E-state index is 13.2. The summed E-state index contributed by atoms with van der Waals surface area (Å²) in [6, 6.07) is 6.73. The van der Waals surface area contributed by atoms with Crippen LogP contribution in [0.4, 0.5) is 19.0 Å². The van der Waals surface area contributed by atoms with E-state index in [2.05, 4.69) is 15.6 Å². The van der Waals surface area contributed by atoms with Crippen LogP contribution in [0.5, 0.6) is 5.75 Å². The van der Waals surface area contributed by atoms with E-state index in [1.165, 1.54) is 45.4 Å². The second-order valence-electron chi connectivity index (χ2n) is 9.17. The average Bonchev–Trinajstić information content (AvgIpc) is 2.89. The molecule has 1 aromatic heterocycles. The largest absolute Gasteiger partial charge is 0.496 e. The molecule has 0 spiro atoms. The third-order valence-corrected chi connectivity index (χ3v) is 6.53. The van der Waals surface area contributed by atoms with Crippen LogP contribution >= 0.6 is 0 Å². The van der Waals surface area contributed by atoms with Gasteiger partial charge in [0, 0.05) is 23.9 Å². The third-order valence-electron chi connectivity index (χ3n) is 6.53. The Kier molecular flexibility index (Phi) is 11.8. The van der Waals surface area contributed by atoms with Crippen LogP contribution in [-0.2, 0) is 6.18 Å². The quantitative estimate of drug-likeness (QED) is 0.382. The number of halogens is 3. The van der Waals surface area contributed by atoms with Gasteiger partial charge in [-0.25, -0.2) is 4.98 Å². The summed E-state index contributed by atoms with van der Waals surface area (Å²) in [7, 11) is 3.45. The van der Waals surface area contributed by atoms with E-state index < -0.39 is 23.6 Å². The lowest BCUT2D eigenvalue weighted by atomic mass is 9.81. The number of alkyl halides is 3. The van der Waals surface area contributed by atoms with Gasteiger partial charge in [0.1, 0.15) is 11.6 Å². The molecule has 1 heterocycles. The second-order valence-corrected chi connectivity index (χ2v) is 9.17. The van der Waals surface area contributed by atoms with Crippen molar-refractivity contribution in [3.05, 3.63) is 52.7 Å². The summed E-state index contributed by atoms with van der Waals surface area (Å²) >= 11 is 0. The summed E-state index contributed by atoms with van der Waals surface area (Å²) in [6.07, 6.45) is 3.06. The van der Waals surface area contributed by atoms with Crippen LogP contribution in [-0.4, -0.2) is 43.7 Å². The fourth-order valence-corrected chi connectivity index (χ4v) is 4.50. The first-order valence-corrected chi connectivity index (χ1v) is 12.3. The summed E-state index contributed by atoms with van der Waals surface area (Å²) in [5.41, 5.74) is -0.352. The van der Waals surface area contributed by atoms with Crippen molar-refractivity contribution in [3.63, 3.8) is 0 Å². The monoisotopic (exact) mass is 520 g/mol. The number of carbonyl (C=O) groups is 1. The minimum atomic E-state index is -4.67. The second kappa shape index (κ2) is 14.5. The molecule has 1 aliphatic carbocycles. The molecule has 0 bridgehead atoms. The van der Waals surface area contributed by atoms with Crippen molar-refractivity contribution >= 4 is 12.1 Å². The summed E-state index contributed by atoms with van der Waals surface area (Å²) in [6.45, 7) is 3.17. The molecule has 0 amide bonds. The van der Waals surface area contributed by atoms with E-state index in [0.29, 0.717) is 29.8 Å². The van der Waals surface area contributed by atoms with Crippen molar-refractivity contribution in [2.75, 3.05) is 32.6 Å². The van der Waals surface area contributed by atoms with Crippen molar-refractivity contribution in [2.45, 2.75) is 51.2 Å². The molecule has 1 atom stereocenters. The van der Waals surface area contributed by atoms with E-state index in [1.54, 1.807) is 19.1 Å². The Morgan fingerprint density at radius 3 is 2.46 bits per heavy atom. The minimum Gasteiger partial charge on any atom is -0.496 e. The molecule has 1 saturated carbocycles. The van der Waals surface area contributed by atoms with E-state index >= 15 is 0 Å². The van der Waals surface area contributed by atoms with Gasteiger partial charge in [0.05, 0.1) is 30.3 Å². The number of nitrogens with zero attached hydrogens (tertiary/aromatic N) is 2. The number of nitrogens with one attached hydrogen (secondary N) is 2. The number of pyridine rings is 1. The molecule has 202 valence electrons. The molecule has 0 saturated heterocycles. The van der Waals surface area contributed by atoms with Crippen molar-refractivity contribution in [1.82, 2.24) is 10.3 Å². The van der Waals surface area contributed by atoms with E-state index in [0.717, 1.165) is 30.5 Å². The van der Waals surface area contributed by atoms with Gasteiger partial charge in [-0.1, -0.05) is 12.8 Å². The Balaban J connectivity index is 0.000000335. The van der Waals surface area contributed by atoms with Crippen LogP contribution in [0.25, 0.3) is 0 Å².